The summed E-state index contributed by atoms with van der Waals surface area (Å²) < 4.78 is 1.83. The molecule has 1 aliphatic rings. The lowest BCUT2D eigenvalue weighted by Gasteiger charge is -2.21. The number of fused-ring (bicyclic) bond motifs is 2. The third kappa shape index (κ3) is 4.98. The van der Waals surface area contributed by atoms with Crippen molar-refractivity contribution in [3.05, 3.63) is 84.1 Å². The van der Waals surface area contributed by atoms with E-state index in [0.29, 0.717) is 18.9 Å². The Balaban J connectivity index is 0.00000267. The van der Waals surface area contributed by atoms with Crippen LogP contribution in [0.15, 0.2) is 72.9 Å². The van der Waals surface area contributed by atoms with Gasteiger partial charge in [-0.3, -0.25) is 9.78 Å². The van der Waals surface area contributed by atoms with Crippen molar-refractivity contribution in [3.63, 3.8) is 0 Å². The van der Waals surface area contributed by atoms with E-state index in [1.54, 1.807) is 6.20 Å². The molecule has 0 radical (unpaired) electrons. The molecule has 4 heterocycles. The molecule has 2 aromatic carbocycles. The first-order valence-electron chi connectivity index (χ1n) is 12.1. The molecule has 1 saturated heterocycles. The number of carbonyl (C=O) groups excluding carboxylic acids is 1. The standard InChI is InChI=1S/C28H26N6O.ClH/c35-27(17-19-11-14-29-15-12-19)22-6-4-21(5-7-22)25-9-10-26-28(31-25)34(33-32-26)18-20-3-8-24-23(16-20)2-1-13-30-24;/h1-10,13,16,19,29H,11-12,14-15,17-18H2;1H. The summed E-state index contributed by atoms with van der Waals surface area (Å²) in [5, 5.41) is 13.1. The first-order chi connectivity index (χ1) is 17.2. The van der Waals surface area contributed by atoms with E-state index in [-0.39, 0.29) is 18.2 Å². The number of benzene rings is 2. The van der Waals surface area contributed by atoms with Crippen LogP contribution in [0, 0.1) is 5.92 Å². The maximum Gasteiger partial charge on any atom is 0.179 e. The van der Waals surface area contributed by atoms with Crippen molar-refractivity contribution < 1.29 is 4.79 Å². The highest BCUT2D eigenvalue weighted by atomic mass is 35.5. The highest BCUT2D eigenvalue weighted by Crippen LogP contribution is 2.24. The second-order valence-corrected chi connectivity index (χ2v) is 9.21. The summed E-state index contributed by atoms with van der Waals surface area (Å²) in [7, 11) is 0. The Morgan fingerprint density at radius 2 is 1.78 bits per heavy atom. The number of hydrogen-bond donors (Lipinski definition) is 1. The van der Waals surface area contributed by atoms with Crippen molar-refractivity contribution >= 4 is 40.3 Å². The number of ketones is 1. The lowest BCUT2D eigenvalue weighted by Crippen LogP contribution is -2.28. The summed E-state index contributed by atoms with van der Waals surface area (Å²) in [5.74, 6) is 0.707. The molecule has 0 saturated carbocycles. The maximum absolute atomic E-state index is 12.7. The number of nitrogens with one attached hydrogen (secondary N) is 1. The van der Waals surface area contributed by atoms with Crippen LogP contribution < -0.4 is 5.32 Å². The lowest BCUT2D eigenvalue weighted by atomic mass is 9.90. The molecule has 8 heteroatoms. The Labute approximate surface area is 215 Å². The Kier molecular flexibility index (Phi) is 7.02. The van der Waals surface area contributed by atoms with E-state index in [1.165, 1.54) is 0 Å². The van der Waals surface area contributed by atoms with Crippen LogP contribution in [0.25, 0.3) is 33.3 Å². The van der Waals surface area contributed by atoms with Gasteiger partial charge in [-0.05, 0) is 67.7 Å². The fourth-order valence-electron chi connectivity index (χ4n) is 4.81. The number of halogens is 1. The van der Waals surface area contributed by atoms with Gasteiger partial charge in [0, 0.05) is 29.1 Å². The molecular weight excluding hydrogens is 472 g/mol. The number of piperidine rings is 1. The zero-order valence-corrected chi connectivity index (χ0v) is 20.6. The zero-order valence-electron chi connectivity index (χ0n) is 19.8. The molecule has 7 nitrogen and oxygen atoms in total. The Hall–Kier alpha value is -3.68. The summed E-state index contributed by atoms with van der Waals surface area (Å²) in [6.07, 6.45) is 4.58. The van der Waals surface area contributed by atoms with E-state index in [9.17, 15) is 4.79 Å². The predicted octanol–water partition coefficient (Wildman–Crippen LogP) is 5.08. The Bertz CT molecular complexity index is 1510. The van der Waals surface area contributed by atoms with Gasteiger partial charge in [0.15, 0.2) is 11.4 Å². The van der Waals surface area contributed by atoms with Crippen molar-refractivity contribution in [2.75, 3.05) is 13.1 Å². The van der Waals surface area contributed by atoms with E-state index >= 15 is 0 Å². The molecule has 36 heavy (non-hydrogen) atoms. The molecule has 1 fully saturated rings. The smallest absolute Gasteiger partial charge is 0.179 e. The number of hydrogen-bond acceptors (Lipinski definition) is 6. The Morgan fingerprint density at radius 3 is 2.61 bits per heavy atom. The number of pyridine rings is 2. The largest absolute Gasteiger partial charge is 0.317 e. The summed E-state index contributed by atoms with van der Waals surface area (Å²) in [6, 6.07) is 21.9. The normalized spacial score (nSPS) is 14.1. The number of Topliss-reactive ketones (excluding diaryl/α,β-unsaturated/α-hetero) is 1. The molecule has 0 aliphatic carbocycles. The van der Waals surface area contributed by atoms with Crippen LogP contribution in [0.4, 0.5) is 0 Å². The van der Waals surface area contributed by atoms with Gasteiger partial charge in [0.1, 0.15) is 5.52 Å². The molecular formula is C28H27ClN6O. The van der Waals surface area contributed by atoms with Gasteiger partial charge in [-0.1, -0.05) is 41.6 Å². The predicted molar refractivity (Wildman–Crippen MR) is 143 cm³/mol. The minimum atomic E-state index is 0. The van der Waals surface area contributed by atoms with E-state index < -0.39 is 0 Å². The maximum atomic E-state index is 12.7. The first kappa shape index (κ1) is 24.0. The first-order valence-corrected chi connectivity index (χ1v) is 12.1. The van der Waals surface area contributed by atoms with Crippen LogP contribution in [0.2, 0.25) is 0 Å². The number of rotatable bonds is 6. The summed E-state index contributed by atoms with van der Waals surface area (Å²) >= 11 is 0. The van der Waals surface area contributed by atoms with Gasteiger partial charge in [0.05, 0.1) is 17.8 Å². The number of nitrogens with zero attached hydrogens (tertiary/aromatic N) is 5. The van der Waals surface area contributed by atoms with Crippen LogP contribution in [0.1, 0.15) is 35.2 Å². The molecule has 0 spiro atoms. The van der Waals surface area contributed by atoms with Gasteiger partial charge in [0.25, 0.3) is 0 Å². The van der Waals surface area contributed by atoms with Crippen molar-refractivity contribution in [1.29, 1.82) is 0 Å². The molecule has 0 bridgehead atoms. The Morgan fingerprint density at radius 1 is 0.972 bits per heavy atom. The van der Waals surface area contributed by atoms with E-state index in [1.807, 2.05) is 53.2 Å². The molecule has 0 atom stereocenters. The average Bonchev–Trinajstić information content (AvgIpc) is 3.31. The number of carbonyl (C=O) groups is 1. The third-order valence-corrected chi connectivity index (χ3v) is 6.79. The zero-order chi connectivity index (χ0) is 23.6. The summed E-state index contributed by atoms with van der Waals surface area (Å²) in [5.41, 5.74) is 6.14. The van der Waals surface area contributed by atoms with Crippen LogP contribution in [0.5, 0.6) is 0 Å². The average molecular weight is 499 g/mol. The van der Waals surface area contributed by atoms with Crippen LogP contribution >= 0.6 is 12.4 Å². The van der Waals surface area contributed by atoms with E-state index in [2.05, 4.69) is 38.8 Å². The molecule has 0 unspecified atom stereocenters. The molecule has 5 aromatic rings. The minimum absolute atomic E-state index is 0. The molecule has 0 amide bonds. The summed E-state index contributed by atoms with van der Waals surface area (Å²) in [6.45, 7) is 2.59. The number of aromatic nitrogens is 5. The monoisotopic (exact) mass is 498 g/mol. The quantitative estimate of drug-likeness (QED) is 0.328. The topological polar surface area (TPSA) is 85.6 Å². The fourth-order valence-corrected chi connectivity index (χ4v) is 4.81. The van der Waals surface area contributed by atoms with Crippen molar-refractivity contribution in [2.24, 2.45) is 5.92 Å². The highest BCUT2D eigenvalue weighted by Gasteiger charge is 2.18. The molecule has 1 N–H and O–H groups in total. The summed E-state index contributed by atoms with van der Waals surface area (Å²) in [4.78, 5) is 22.0. The molecule has 1 aliphatic heterocycles. The highest BCUT2D eigenvalue weighted by molar-refractivity contribution is 5.96. The van der Waals surface area contributed by atoms with E-state index in [4.69, 9.17) is 4.98 Å². The van der Waals surface area contributed by atoms with Gasteiger partial charge in [-0.15, -0.1) is 17.5 Å². The van der Waals surface area contributed by atoms with Gasteiger partial charge in [-0.25, -0.2) is 9.67 Å². The van der Waals surface area contributed by atoms with Gasteiger partial charge >= 0.3 is 0 Å². The second-order valence-electron chi connectivity index (χ2n) is 9.21. The fraction of sp³-hybridized carbons (Fsp3) is 0.250. The molecule has 182 valence electrons. The van der Waals surface area contributed by atoms with E-state index in [0.717, 1.165) is 70.4 Å². The van der Waals surface area contributed by atoms with Gasteiger partial charge in [-0.2, -0.15) is 0 Å². The van der Waals surface area contributed by atoms with Gasteiger partial charge in [0.2, 0.25) is 0 Å². The third-order valence-electron chi connectivity index (χ3n) is 6.79. The van der Waals surface area contributed by atoms with Crippen molar-refractivity contribution in [3.8, 4) is 11.3 Å². The van der Waals surface area contributed by atoms with Crippen LogP contribution in [-0.4, -0.2) is 43.8 Å². The molecule has 6 rings (SSSR count). The second kappa shape index (κ2) is 10.5. The van der Waals surface area contributed by atoms with Crippen molar-refractivity contribution in [2.45, 2.75) is 25.8 Å². The van der Waals surface area contributed by atoms with Crippen molar-refractivity contribution in [1.82, 2.24) is 30.3 Å². The van der Waals surface area contributed by atoms with Crippen LogP contribution in [-0.2, 0) is 6.54 Å². The van der Waals surface area contributed by atoms with Crippen LogP contribution in [0.3, 0.4) is 0 Å². The van der Waals surface area contributed by atoms with Gasteiger partial charge < -0.3 is 5.32 Å². The molecule has 3 aromatic heterocycles. The lowest BCUT2D eigenvalue weighted by molar-refractivity contribution is 0.0952. The SMILES string of the molecule is Cl.O=C(CC1CCNCC1)c1ccc(-c2ccc3nnn(Cc4ccc5ncccc5c4)c3n2)cc1. The minimum Gasteiger partial charge on any atom is -0.317 e.